The Morgan fingerprint density at radius 2 is 1.93 bits per heavy atom. The van der Waals surface area contributed by atoms with Crippen LogP contribution in [0.3, 0.4) is 0 Å². The standard InChI is InChI=1S/C26H41NOS/c1-16-4-6-20-18(12-16)5-7-22-21(20)10-11-26(3)23(8-9-24(22)26)17(2)13-25-27-14-19(15-28)29-25/h14,16-18,20-24,28H,4-13,15H2,1-3H3/t16-,17-,18+,20-,21?,22+,23?,24?,26+/m0/s1. The van der Waals surface area contributed by atoms with E-state index in [1.807, 2.05) is 6.20 Å². The van der Waals surface area contributed by atoms with Crippen molar-refractivity contribution in [2.24, 2.45) is 52.8 Å². The van der Waals surface area contributed by atoms with Crippen molar-refractivity contribution in [1.82, 2.24) is 4.98 Å². The molecule has 1 N–H and O–H groups in total. The Kier molecular flexibility index (Phi) is 5.60. The molecular formula is C26H41NOS. The number of hydrogen-bond acceptors (Lipinski definition) is 3. The van der Waals surface area contributed by atoms with E-state index in [0.29, 0.717) is 11.3 Å². The number of nitrogens with zero attached hydrogens (tertiary/aromatic N) is 1. The molecule has 0 bridgehead atoms. The fourth-order valence-corrected chi connectivity index (χ4v) is 9.92. The second-order valence-electron chi connectivity index (χ2n) is 11.6. The van der Waals surface area contributed by atoms with Gasteiger partial charge in [-0.25, -0.2) is 4.98 Å². The van der Waals surface area contributed by atoms with Crippen LogP contribution in [0.2, 0.25) is 0 Å². The summed E-state index contributed by atoms with van der Waals surface area (Å²) in [4.78, 5) is 5.62. The van der Waals surface area contributed by atoms with Gasteiger partial charge in [-0.2, -0.15) is 0 Å². The van der Waals surface area contributed by atoms with Crippen molar-refractivity contribution < 1.29 is 5.11 Å². The summed E-state index contributed by atoms with van der Waals surface area (Å²) in [5, 5.41) is 10.6. The third kappa shape index (κ3) is 3.53. The summed E-state index contributed by atoms with van der Waals surface area (Å²) in [7, 11) is 0. The van der Waals surface area contributed by atoms with Gasteiger partial charge in [-0.3, -0.25) is 0 Å². The predicted octanol–water partition coefficient (Wildman–Crippen LogP) is 6.72. The van der Waals surface area contributed by atoms with Crippen LogP contribution in [0.4, 0.5) is 0 Å². The second-order valence-corrected chi connectivity index (χ2v) is 12.8. The number of aliphatic hydroxyl groups is 1. The highest BCUT2D eigenvalue weighted by atomic mass is 32.1. The fourth-order valence-electron chi connectivity index (χ4n) is 9.00. The monoisotopic (exact) mass is 415 g/mol. The predicted molar refractivity (Wildman–Crippen MR) is 121 cm³/mol. The first-order chi connectivity index (χ1) is 14.0. The molecule has 0 spiro atoms. The van der Waals surface area contributed by atoms with Gasteiger partial charge in [0.15, 0.2) is 0 Å². The van der Waals surface area contributed by atoms with E-state index >= 15 is 0 Å². The van der Waals surface area contributed by atoms with Gasteiger partial charge in [0, 0.05) is 12.6 Å². The Labute approximate surface area is 181 Å². The molecule has 29 heavy (non-hydrogen) atoms. The summed E-state index contributed by atoms with van der Waals surface area (Å²) in [5.74, 6) is 7.75. The summed E-state index contributed by atoms with van der Waals surface area (Å²) in [6.45, 7) is 7.80. The molecule has 4 fully saturated rings. The highest BCUT2D eigenvalue weighted by Crippen LogP contribution is 2.65. The Hall–Kier alpha value is -0.410. The van der Waals surface area contributed by atoms with Crippen LogP contribution in [0, 0.1) is 52.8 Å². The van der Waals surface area contributed by atoms with Crippen LogP contribution in [-0.4, -0.2) is 10.1 Å². The lowest BCUT2D eigenvalue weighted by Crippen LogP contribution is -2.49. The third-order valence-electron chi connectivity index (χ3n) is 10.2. The minimum absolute atomic E-state index is 0.138. The third-order valence-corrected chi connectivity index (χ3v) is 11.2. The molecule has 1 aromatic heterocycles. The van der Waals surface area contributed by atoms with Gasteiger partial charge in [0.1, 0.15) is 0 Å². The highest BCUT2D eigenvalue weighted by molar-refractivity contribution is 7.11. The zero-order valence-corrected chi connectivity index (χ0v) is 19.6. The summed E-state index contributed by atoms with van der Waals surface area (Å²) in [6, 6.07) is 0. The smallest absolute Gasteiger partial charge is 0.0931 e. The summed E-state index contributed by atoms with van der Waals surface area (Å²) < 4.78 is 0. The topological polar surface area (TPSA) is 33.1 Å². The van der Waals surface area contributed by atoms with Gasteiger partial charge < -0.3 is 5.11 Å². The molecule has 4 aliphatic carbocycles. The van der Waals surface area contributed by atoms with Crippen molar-refractivity contribution in [2.75, 3.05) is 0 Å². The maximum absolute atomic E-state index is 9.37. The molecule has 1 heterocycles. The number of thiazole rings is 1. The van der Waals surface area contributed by atoms with Crippen molar-refractivity contribution in [3.05, 3.63) is 16.1 Å². The van der Waals surface area contributed by atoms with Crippen molar-refractivity contribution in [2.45, 2.75) is 91.6 Å². The van der Waals surface area contributed by atoms with E-state index in [2.05, 4.69) is 25.8 Å². The van der Waals surface area contributed by atoms with Gasteiger partial charge >= 0.3 is 0 Å². The van der Waals surface area contributed by atoms with Crippen LogP contribution in [0.1, 0.15) is 88.4 Å². The summed E-state index contributed by atoms with van der Waals surface area (Å²) in [5.41, 5.74) is 0.562. The number of rotatable bonds is 4. The molecule has 4 saturated carbocycles. The van der Waals surface area contributed by atoms with Crippen LogP contribution in [0.15, 0.2) is 6.20 Å². The number of hydrogen-bond donors (Lipinski definition) is 1. The Morgan fingerprint density at radius 3 is 2.72 bits per heavy atom. The van der Waals surface area contributed by atoms with Gasteiger partial charge in [-0.1, -0.05) is 27.2 Å². The largest absolute Gasteiger partial charge is 0.391 e. The first-order valence-corrected chi connectivity index (χ1v) is 13.4. The lowest BCUT2D eigenvalue weighted by molar-refractivity contribution is -0.0727. The molecule has 3 heteroatoms. The molecule has 0 radical (unpaired) electrons. The Morgan fingerprint density at radius 1 is 1.10 bits per heavy atom. The maximum Gasteiger partial charge on any atom is 0.0931 e. The Balaban J connectivity index is 1.29. The van der Waals surface area contributed by atoms with Crippen LogP contribution < -0.4 is 0 Å². The SMILES string of the molecule is C[C@H]1CC[C@@H]2C3CC[C@@]4(C)C(CCC4[C@@H](C)Cc4ncc(CO)s4)[C@@H]3CC[C@@H]2C1. The van der Waals surface area contributed by atoms with E-state index in [1.165, 1.54) is 62.8 Å². The zero-order valence-electron chi connectivity index (χ0n) is 18.8. The normalized spacial score (nSPS) is 45.3. The van der Waals surface area contributed by atoms with Crippen LogP contribution >= 0.6 is 11.3 Å². The minimum Gasteiger partial charge on any atom is -0.391 e. The highest BCUT2D eigenvalue weighted by Gasteiger charge is 2.57. The second kappa shape index (κ2) is 7.93. The number of aromatic nitrogens is 1. The van der Waals surface area contributed by atoms with E-state index in [4.69, 9.17) is 0 Å². The molecule has 0 saturated heterocycles. The molecule has 5 rings (SSSR count). The lowest BCUT2D eigenvalue weighted by Gasteiger charge is -2.56. The van der Waals surface area contributed by atoms with Crippen molar-refractivity contribution >= 4 is 11.3 Å². The number of aliphatic hydroxyl groups excluding tert-OH is 1. The average molecular weight is 416 g/mol. The molecule has 0 aliphatic heterocycles. The van der Waals surface area contributed by atoms with Crippen molar-refractivity contribution in [1.29, 1.82) is 0 Å². The molecule has 3 unspecified atom stereocenters. The first kappa shape index (κ1) is 20.5. The maximum atomic E-state index is 9.37. The van der Waals surface area contributed by atoms with E-state index in [0.717, 1.165) is 52.7 Å². The average Bonchev–Trinajstić information content (AvgIpc) is 3.30. The van der Waals surface area contributed by atoms with Gasteiger partial charge in [0.05, 0.1) is 16.5 Å². The molecule has 9 atom stereocenters. The van der Waals surface area contributed by atoms with Crippen molar-refractivity contribution in [3.63, 3.8) is 0 Å². The lowest BCUT2D eigenvalue weighted by atomic mass is 9.49. The van der Waals surface area contributed by atoms with Gasteiger partial charge in [-0.05, 0) is 104 Å². The van der Waals surface area contributed by atoms with E-state index in [1.54, 1.807) is 11.3 Å². The van der Waals surface area contributed by atoms with E-state index < -0.39 is 0 Å². The zero-order chi connectivity index (χ0) is 20.2. The quantitative estimate of drug-likeness (QED) is 0.592. The number of fused-ring (bicyclic) bond motifs is 5. The fraction of sp³-hybridized carbons (Fsp3) is 0.885. The minimum atomic E-state index is 0.138. The van der Waals surface area contributed by atoms with Gasteiger partial charge in [-0.15, -0.1) is 11.3 Å². The summed E-state index contributed by atoms with van der Waals surface area (Å²) in [6.07, 6.45) is 16.5. The van der Waals surface area contributed by atoms with Crippen LogP contribution in [0.5, 0.6) is 0 Å². The molecule has 0 aromatic carbocycles. The van der Waals surface area contributed by atoms with Crippen molar-refractivity contribution in [3.8, 4) is 0 Å². The Bertz CT molecular complexity index is 715. The van der Waals surface area contributed by atoms with E-state index in [9.17, 15) is 5.11 Å². The molecule has 1 aromatic rings. The van der Waals surface area contributed by atoms with E-state index in [-0.39, 0.29) is 6.61 Å². The molecule has 162 valence electrons. The molecule has 0 amide bonds. The summed E-state index contributed by atoms with van der Waals surface area (Å²) >= 11 is 1.72. The molecule has 2 nitrogen and oxygen atoms in total. The molecule has 4 aliphatic rings. The van der Waals surface area contributed by atoms with Gasteiger partial charge in [0.25, 0.3) is 0 Å². The van der Waals surface area contributed by atoms with Crippen LogP contribution in [0.25, 0.3) is 0 Å². The van der Waals surface area contributed by atoms with Crippen LogP contribution in [-0.2, 0) is 13.0 Å². The van der Waals surface area contributed by atoms with Gasteiger partial charge in [0.2, 0.25) is 0 Å². The first-order valence-electron chi connectivity index (χ1n) is 12.5. The molecular weight excluding hydrogens is 374 g/mol.